The number of sulfonamides is 1. The summed E-state index contributed by atoms with van der Waals surface area (Å²) in [4.78, 5) is 14.5. The molecule has 1 saturated heterocycles. The highest BCUT2D eigenvalue weighted by Crippen LogP contribution is 2.21. The lowest BCUT2D eigenvalue weighted by atomic mass is 10.2. The first kappa shape index (κ1) is 23.2. The highest BCUT2D eigenvalue weighted by molar-refractivity contribution is 7.89. The van der Waals surface area contributed by atoms with Crippen molar-refractivity contribution < 1.29 is 18.3 Å². The molecule has 1 aliphatic rings. The number of aliphatic hydroxyl groups is 1. The van der Waals surface area contributed by atoms with Gasteiger partial charge in [0, 0.05) is 32.3 Å². The molecule has 1 fully saturated rings. The third-order valence-electron chi connectivity index (χ3n) is 5.40. The third-order valence-corrected chi connectivity index (χ3v) is 7.31. The van der Waals surface area contributed by atoms with Crippen molar-refractivity contribution in [3.8, 4) is 0 Å². The lowest BCUT2D eigenvalue weighted by molar-refractivity contribution is -0.127. The van der Waals surface area contributed by atoms with Gasteiger partial charge in [-0.25, -0.2) is 8.42 Å². The Labute approximate surface area is 184 Å². The maximum atomic E-state index is 12.9. The molecule has 31 heavy (non-hydrogen) atoms. The SMILES string of the molecule is O=C(/C=C/c1ccc(S(=O)(=O)N2CCCCCC2)cc1)N(CCO)Cc1ccccc1. The second-order valence-electron chi connectivity index (χ2n) is 7.69. The molecule has 2 aromatic carbocycles. The van der Waals surface area contributed by atoms with E-state index in [1.54, 1.807) is 39.5 Å². The summed E-state index contributed by atoms with van der Waals surface area (Å²) in [7, 11) is -3.48. The van der Waals surface area contributed by atoms with Crippen LogP contribution in [0.2, 0.25) is 0 Å². The molecule has 1 amide bonds. The lowest BCUT2D eigenvalue weighted by Crippen LogP contribution is -2.31. The van der Waals surface area contributed by atoms with Crippen molar-refractivity contribution in [3.63, 3.8) is 0 Å². The monoisotopic (exact) mass is 442 g/mol. The van der Waals surface area contributed by atoms with E-state index in [4.69, 9.17) is 0 Å². The van der Waals surface area contributed by atoms with E-state index in [0.717, 1.165) is 36.8 Å². The Balaban J connectivity index is 1.66. The van der Waals surface area contributed by atoms with Gasteiger partial charge in [-0.1, -0.05) is 55.3 Å². The molecule has 1 heterocycles. The summed E-state index contributed by atoms with van der Waals surface area (Å²) < 4.78 is 27.3. The first-order valence-electron chi connectivity index (χ1n) is 10.7. The van der Waals surface area contributed by atoms with Gasteiger partial charge in [0.15, 0.2) is 0 Å². The molecule has 0 atom stereocenters. The third kappa shape index (κ3) is 6.50. The average molecular weight is 443 g/mol. The maximum Gasteiger partial charge on any atom is 0.246 e. The van der Waals surface area contributed by atoms with Crippen LogP contribution in [0.15, 0.2) is 65.6 Å². The van der Waals surface area contributed by atoms with Crippen LogP contribution in [0.25, 0.3) is 6.08 Å². The van der Waals surface area contributed by atoms with Gasteiger partial charge < -0.3 is 10.0 Å². The van der Waals surface area contributed by atoms with Crippen LogP contribution in [0.1, 0.15) is 36.8 Å². The molecule has 0 aliphatic carbocycles. The van der Waals surface area contributed by atoms with Gasteiger partial charge in [-0.3, -0.25) is 4.79 Å². The van der Waals surface area contributed by atoms with Crippen molar-refractivity contribution in [2.45, 2.75) is 37.1 Å². The van der Waals surface area contributed by atoms with Gasteiger partial charge in [0.1, 0.15) is 0 Å². The second kappa shape index (κ2) is 11.2. The molecule has 0 spiro atoms. The summed E-state index contributed by atoms with van der Waals surface area (Å²) >= 11 is 0. The Hall–Kier alpha value is -2.48. The van der Waals surface area contributed by atoms with Crippen molar-refractivity contribution in [2.24, 2.45) is 0 Å². The summed E-state index contributed by atoms with van der Waals surface area (Å²) in [5, 5.41) is 9.30. The van der Waals surface area contributed by atoms with Gasteiger partial charge in [0.25, 0.3) is 0 Å². The minimum absolute atomic E-state index is 0.116. The summed E-state index contributed by atoms with van der Waals surface area (Å²) in [5.74, 6) is -0.209. The van der Waals surface area contributed by atoms with Crippen molar-refractivity contribution in [1.29, 1.82) is 0 Å². The number of aliphatic hydroxyl groups excluding tert-OH is 1. The van der Waals surface area contributed by atoms with Crippen molar-refractivity contribution in [1.82, 2.24) is 9.21 Å². The predicted molar refractivity (Wildman–Crippen MR) is 122 cm³/mol. The zero-order valence-corrected chi connectivity index (χ0v) is 18.5. The molecule has 1 N–H and O–H groups in total. The molecule has 6 nitrogen and oxygen atoms in total. The van der Waals surface area contributed by atoms with E-state index in [9.17, 15) is 18.3 Å². The molecule has 0 aromatic heterocycles. The summed E-state index contributed by atoms with van der Waals surface area (Å²) in [5.41, 5.74) is 1.73. The van der Waals surface area contributed by atoms with E-state index in [2.05, 4.69) is 0 Å². The van der Waals surface area contributed by atoms with Gasteiger partial charge in [-0.2, -0.15) is 4.31 Å². The number of amides is 1. The Bertz CT molecular complexity index is 964. The number of nitrogens with zero attached hydrogens (tertiary/aromatic N) is 2. The number of hydrogen-bond donors (Lipinski definition) is 1. The fourth-order valence-electron chi connectivity index (χ4n) is 3.65. The Morgan fingerprint density at radius 1 is 0.968 bits per heavy atom. The fourth-order valence-corrected chi connectivity index (χ4v) is 5.16. The summed E-state index contributed by atoms with van der Waals surface area (Å²) in [6.45, 7) is 1.68. The van der Waals surface area contributed by atoms with E-state index < -0.39 is 10.0 Å². The van der Waals surface area contributed by atoms with Crippen LogP contribution in [-0.2, 0) is 21.4 Å². The predicted octanol–water partition coefficient (Wildman–Crippen LogP) is 3.29. The average Bonchev–Trinajstić information content (AvgIpc) is 3.08. The molecule has 0 radical (unpaired) electrons. The van der Waals surface area contributed by atoms with Crippen LogP contribution in [0.4, 0.5) is 0 Å². The number of carbonyl (C=O) groups excluding carboxylic acids is 1. The molecule has 0 unspecified atom stereocenters. The number of rotatable bonds is 8. The minimum atomic E-state index is -3.48. The normalized spacial score (nSPS) is 15.6. The molecule has 166 valence electrons. The zero-order valence-electron chi connectivity index (χ0n) is 17.7. The van der Waals surface area contributed by atoms with Crippen LogP contribution in [0, 0.1) is 0 Å². The highest BCUT2D eigenvalue weighted by atomic mass is 32.2. The molecule has 1 aliphatic heterocycles. The highest BCUT2D eigenvalue weighted by Gasteiger charge is 2.24. The number of hydrogen-bond acceptors (Lipinski definition) is 4. The molecular formula is C24H30N2O4S. The van der Waals surface area contributed by atoms with Gasteiger partial charge in [-0.15, -0.1) is 0 Å². The van der Waals surface area contributed by atoms with Gasteiger partial charge >= 0.3 is 0 Å². The quantitative estimate of drug-likeness (QED) is 0.637. The first-order chi connectivity index (χ1) is 15.0. The van der Waals surface area contributed by atoms with E-state index in [1.807, 2.05) is 30.3 Å². The Kier molecular flexibility index (Phi) is 8.40. The van der Waals surface area contributed by atoms with Crippen molar-refractivity contribution in [3.05, 3.63) is 71.8 Å². The zero-order chi connectivity index (χ0) is 22.1. The van der Waals surface area contributed by atoms with Crippen LogP contribution >= 0.6 is 0 Å². The van der Waals surface area contributed by atoms with Crippen LogP contribution in [0.3, 0.4) is 0 Å². The largest absolute Gasteiger partial charge is 0.395 e. The van der Waals surface area contributed by atoms with Gasteiger partial charge in [0.05, 0.1) is 11.5 Å². The topological polar surface area (TPSA) is 77.9 Å². The molecule has 7 heteroatoms. The van der Waals surface area contributed by atoms with Crippen molar-refractivity contribution >= 4 is 22.0 Å². The smallest absolute Gasteiger partial charge is 0.246 e. The van der Waals surface area contributed by atoms with E-state index >= 15 is 0 Å². The molecule has 0 saturated carbocycles. The van der Waals surface area contributed by atoms with Gasteiger partial charge in [-0.05, 0) is 42.2 Å². The number of carbonyl (C=O) groups is 1. The number of benzene rings is 2. The Morgan fingerprint density at radius 3 is 2.23 bits per heavy atom. The van der Waals surface area contributed by atoms with E-state index in [-0.39, 0.29) is 24.0 Å². The second-order valence-corrected chi connectivity index (χ2v) is 9.63. The molecule has 0 bridgehead atoms. The fraction of sp³-hybridized carbons (Fsp3) is 0.375. The summed E-state index contributed by atoms with van der Waals surface area (Å²) in [6, 6.07) is 16.2. The first-order valence-corrected chi connectivity index (χ1v) is 12.2. The van der Waals surface area contributed by atoms with E-state index in [0.29, 0.717) is 19.6 Å². The standard InChI is InChI=1S/C24H30N2O4S/c27-19-18-25(20-22-8-4-3-5-9-22)24(28)15-12-21-10-13-23(14-11-21)31(29,30)26-16-6-1-2-7-17-26/h3-5,8-15,27H,1-2,6-7,16-20H2/b15-12+. The van der Waals surface area contributed by atoms with Crippen LogP contribution in [-0.4, -0.2) is 54.9 Å². The Morgan fingerprint density at radius 2 is 1.61 bits per heavy atom. The molecule has 3 rings (SSSR count). The minimum Gasteiger partial charge on any atom is -0.395 e. The van der Waals surface area contributed by atoms with Gasteiger partial charge in [0.2, 0.25) is 15.9 Å². The maximum absolute atomic E-state index is 12.9. The molecular weight excluding hydrogens is 412 g/mol. The van der Waals surface area contributed by atoms with Crippen molar-refractivity contribution in [2.75, 3.05) is 26.2 Å². The van der Waals surface area contributed by atoms with Crippen LogP contribution < -0.4 is 0 Å². The van der Waals surface area contributed by atoms with E-state index in [1.165, 1.54) is 6.08 Å². The van der Waals surface area contributed by atoms with Crippen LogP contribution in [0.5, 0.6) is 0 Å². The molecule has 2 aromatic rings. The lowest BCUT2D eigenvalue weighted by Gasteiger charge is -2.20. The summed E-state index contributed by atoms with van der Waals surface area (Å²) in [6.07, 6.45) is 7.06.